The molecule has 3 aliphatic rings. The van der Waals surface area contributed by atoms with E-state index in [0.717, 1.165) is 0 Å². The Labute approximate surface area is 143 Å². The molecule has 7 nitrogen and oxygen atoms in total. The number of phenols is 1. The molecule has 0 bridgehead atoms. The third-order valence-corrected chi connectivity index (χ3v) is 5.37. The first-order valence-corrected chi connectivity index (χ1v) is 8.35. The number of carboxylic acids is 1. The number of epoxide rings is 1. The molecule has 0 spiro atoms. The highest BCUT2D eigenvalue weighted by Crippen LogP contribution is 2.64. The van der Waals surface area contributed by atoms with Gasteiger partial charge in [0, 0.05) is 17.5 Å². The zero-order chi connectivity index (χ0) is 18.0. The van der Waals surface area contributed by atoms with Crippen LogP contribution in [-0.2, 0) is 14.3 Å². The highest BCUT2D eigenvalue weighted by Gasteiger charge is 2.85. The Kier molecular flexibility index (Phi) is 3.33. The van der Waals surface area contributed by atoms with Crippen molar-refractivity contribution >= 4 is 17.5 Å². The van der Waals surface area contributed by atoms with Gasteiger partial charge in [-0.25, -0.2) is 0 Å². The minimum atomic E-state index is -1.39. The second kappa shape index (κ2) is 5.12. The molecule has 25 heavy (non-hydrogen) atoms. The zero-order valence-corrected chi connectivity index (χ0v) is 13.7. The number of carboxylic acid groups (broad SMARTS) is 1. The third kappa shape index (κ3) is 1.96. The SMILES string of the molecule is CCC[C@H]1O[C@H](CC(=O)O)C[C@]23O[C@]12C(=O)c1cc(O)ccc1C3=O. The Morgan fingerprint density at radius 3 is 2.72 bits per heavy atom. The summed E-state index contributed by atoms with van der Waals surface area (Å²) in [4.78, 5) is 37.3. The van der Waals surface area contributed by atoms with Gasteiger partial charge in [0.1, 0.15) is 5.75 Å². The molecule has 2 fully saturated rings. The largest absolute Gasteiger partial charge is 0.508 e. The number of rotatable bonds is 4. The highest BCUT2D eigenvalue weighted by atomic mass is 16.7. The minimum Gasteiger partial charge on any atom is -0.508 e. The molecule has 1 aromatic rings. The fourth-order valence-electron chi connectivity index (χ4n) is 4.33. The molecule has 0 radical (unpaired) electrons. The van der Waals surface area contributed by atoms with Gasteiger partial charge in [0.25, 0.3) is 0 Å². The van der Waals surface area contributed by atoms with Crippen molar-refractivity contribution in [2.24, 2.45) is 0 Å². The van der Waals surface area contributed by atoms with Crippen LogP contribution < -0.4 is 0 Å². The van der Waals surface area contributed by atoms with Gasteiger partial charge in [-0.1, -0.05) is 13.3 Å². The lowest BCUT2D eigenvalue weighted by molar-refractivity contribution is -0.143. The fourth-order valence-corrected chi connectivity index (χ4v) is 4.33. The summed E-state index contributed by atoms with van der Waals surface area (Å²) in [6, 6.07) is 4.05. The molecule has 0 saturated carbocycles. The van der Waals surface area contributed by atoms with E-state index in [-0.39, 0.29) is 41.3 Å². The van der Waals surface area contributed by atoms with Crippen LogP contribution in [0.15, 0.2) is 18.2 Å². The van der Waals surface area contributed by atoms with Crippen LogP contribution in [0.4, 0.5) is 0 Å². The van der Waals surface area contributed by atoms with Crippen LogP contribution in [0.2, 0.25) is 0 Å². The predicted octanol–water partition coefficient (Wildman–Crippen LogP) is 1.71. The standard InChI is InChI=1S/C18H18O7/c1-2-3-13-18-16(23)12-6-9(19)4-5-11(12)15(22)17(18,25-18)8-10(24-13)7-14(20)21/h4-6,10,13,19H,2-3,7-8H2,1H3,(H,20,21)/t10-,13-,17-,18+/m1/s1. The first-order valence-electron chi connectivity index (χ1n) is 8.35. The van der Waals surface area contributed by atoms with E-state index in [1.54, 1.807) is 0 Å². The van der Waals surface area contributed by atoms with E-state index in [2.05, 4.69) is 0 Å². The molecule has 0 aromatic heterocycles. The molecule has 1 aliphatic carbocycles. The van der Waals surface area contributed by atoms with E-state index >= 15 is 0 Å². The van der Waals surface area contributed by atoms with Gasteiger partial charge in [-0.2, -0.15) is 0 Å². The summed E-state index contributed by atoms with van der Waals surface area (Å²) in [7, 11) is 0. The second-order valence-electron chi connectivity index (χ2n) is 6.89. The molecule has 0 unspecified atom stereocenters. The predicted molar refractivity (Wildman–Crippen MR) is 83.8 cm³/mol. The van der Waals surface area contributed by atoms with Crippen molar-refractivity contribution in [1.82, 2.24) is 0 Å². The number of ether oxygens (including phenoxy) is 2. The van der Waals surface area contributed by atoms with Gasteiger partial charge in [0.05, 0.1) is 18.6 Å². The smallest absolute Gasteiger partial charge is 0.305 e. The van der Waals surface area contributed by atoms with E-state index in [9.17, 15) is 19.5 Å². The second-order valence-corrected chi connectivity index (χ2v) is 6.89. The van der Waals surface area contributed by atoms with Gasteiger partial charge in [-0.3, -0.25) is 14.4 Å². The first-order chi connectivity index (χ1) is 11.9. The summed E-state index contributed by atoms with van der Waals surface area (Å²) in [6.07, 6.45) is -0.386. The summed E-state index contributed by atoms with van der Waals surface area (Å²) in [5.74, 6) is -1.83. The van der Waals surface area contributed by atoms with Gasteiger partial charge in [0.2, 0.25) is 5.78 Å². The number of aliphatic carboxylic acids is 1. The number of fused-ring (bicyclic) bond motifs is 1. The van der Waals surface area contributed by atoms with Crippen molar-refractivity contribution in [3.8, 4) is 5.75 Å². The van der Waals surface area contributed by atoms with Gasteiger partial charge >= 0.3 is 5.97 Å². The Bertz CT molecular complexity index is 801. The van der Waals surface area contributed by atoms with Gasteiger partial charge in [-0.15, -0.1) is 0 Å². The molecule has 2 aliphatic heterocycles. The highest BCUT2D eigenvalue weighted by molar-refractivity contribution is 6.25. The molecule has 2 N–H and O–H groups in total. The Morgan fingerprint density at radius 1 is 1.28 bits per heavy atom. The van der Waals surface area contributed by atoms with Gasteiger partial charge in [-0.05, 0) is 24.6 Å². The van der Waals surface area contributed by atoms with E-state index < -0.39 is 29.4 Å². The van der Waals surface area contributed by atoms with Crippen LogP contribution in [0.5, 0.6) is 5.75 Å². The maximum atomic E-state index is 13.1. The minimum absolute atomic E-state index is 0.0460. The van der Waals surface area contributed by atoms with Crippen LogP contribution in [-0.4, -0.2) is 51.2 Å². The van der Waals surface area contributed by atoms with Crippen LogP contribution in [0.25, 0.3) is 0 Å². The third-order valence-electron chi connectivity index (χ3n) is 5.37. The molecular weight excluding hydrogens is 328 g/mol. The maximum Gasteiger partial charge on any atom is 0.305 e. The topological polar surface area (TPSA) is 113 Å². The number of carbonyl (C=O) groups excluding carboxylic acids is 2. The Hall–Kier alpha value is -2.25. The number of aromatic hydroxyl groups is 1. The molecular formula is C18H18O7. The molecule has 4 atom stereocenters. The van der Waals surface area contributed by atoms with Gasteiger partial charge < -0.3 is 19.7 Å². The van der Waals surface area contributed by atoms with Crippen LogP contribution in [0, 0.1) is 0 Å². The summed E-state index contributed by atoms with van der Waals surface area (Å²) in [6.45, 7) is 1.92. The van der Waals surface area contributed by atoms with Crippen LogP contribution >= 0.6 is 0 Å². The van der Waals surface area contributed by atoms with Crippen LogP contribution in [0.1, 0.15) is 53.3 Å². The van der Waals surface area contributed by atoms with E-state index in [1.807, 2.05) is 6.92 Å². The van der Waals surface area contributed by atoms with Crippen LogP contribution in [0.3, 0.4) is 0 Å². The van der Waals surface area contributed by atoms with Crippen molar-refractivity contribution in [3.63, 3.8) is 0 Å². The van der Waals surface area contributed by atoms with Crippen molar-refractivity contribution in [2.45, 2.75) is 56.0 Å². The number of carbonyl (C=O) groups is 3. The molecule has 1 aromatic carbocycles. The molecule has 132 valence electrons. The maximum absolute atomic E-state index is 13.1. The molecule has 4 rings (SSSR count). The van der Waals surface area contributed by atoms with E-state index in [4.69, 9.17) is 14.6 Å². The lowest BCUT2D eigenvalue weighted by Gasteiger charge is -2.38. The molecule has 0 amide bonds. The number of hydrogen-bond donors (Lipinski definition) is 2. The van der Waals surface area contributed by atoms with Gasteiger partial charge in [0.15, 0.2) is 17.0 Å². The lowest BCUT2D eigenvalue weighted by atomic mass is 9.67. The van der Waals surface area contributed by atoms with E-state index in [0.29, 0.717) is 12.8 Å². The quantitative estimate of drug-likeness (QED) is 0.798. The average molecular weight is 346 g/mol. The number of ketones is 2. The number of Topliss-reactive ketones (excluding diaryl/α,β-unsaturated/α-hetero) is 2. The molecule has 2 saturated heterocycles. The van der Waals surface area contributed by atoms with Crippen molar-refractivity contribution < 1.29 is 34.1 Å². The van der Waals surface area contributed by atoms with Crippen molar-refractivity contribution in [1.29, 1.82) is 0 Å². The van der Waals surface area contributed by atoms with Crippen molar-refractivity contribution in [3.05, 3.63) is 29.3 Å². The fraction of sp³-hybridized carbons (Fsp3) is 0.500. The van der Waals surface area contributed by atoms with Crippen molar-refractivity contribution in [2.75, 3.05) is 0 Å². The number of hydrogen-bond acceptors (Lipinski definition) is 6. The zero-order valence-electron chi connectivity index (χ0n) is 13.7. The summed E-state index contributed by atoms with van der Waals surface area (Å²) in [5.41, 5.74) is -2.39. The summed E-state index contributed by atoms with van der Waals surface area (Å²) < 4.78 is 11.7. The summed E-state index contributed by atoms with van der Waals surface area (Å²) in [5, 5.41) is 18.8. The summed E-state index contributed by atoms with van der Waals surface area (Å²) >= 11 is 0. The molecule has 7 heteroatoms. The number of benzene rings is 1. The number of phenolic OH excluding ortho intramolecular Hbond substituents is 1. The first kappa shape index (κ1) is 16.2. The van der Waals surface area contributed by atoms with E-state index in [1.165, 1.54) is 18.2 Å². The lowest BCUT2D eigenvalue weighted by Crippen LogP contribution is -2.58. The Balaban J connectivity index is 1.82. The Morgan fingerprint density at radius 2 is 2.04 bits per heavy atom. The monoisotopic (exact) mass is 346 g/mol. The molecule has 2 heterocycles. The normalized spacial score (nSPS) is 35.6. The average Bonchev–Trinajstić information content (AvgIpc) is 3.25.